The van der Waals surface area contributed by atoms with Crippen molar-refractivity contribution in [3.8, 4) is 5.75 Å². The van der Waals surface area contributed by atoms with Gasteiger partial charge >= 0.3 is 5.97 Å². The first kappa shape index (κ1) is 27.4. The Hall–Kier alpha value is -2.22. The van der Waals surface area contributed by atoms with Gasteiger partial charge in [0.05, 0.1) is 6.10 Å². The molecule has 3 unspecified atom stereocenters. The quantitative estimate of drug-likeness (QED) is 0.217. The number of esters is 1. The fourth-order valence-corrected chi connectivity index (χ4v) is 6.51. The zero-order chi connectivity index (χ0) is 25.4. The number of methoxy groups -OCH3 is 1. The van der Waals surface area contributed by atoms with Crippen molar-refractivity contribution in [1.29, 1.82) is 0 Å². The van der Waals surface area contributed by atoms with Gasteiger partial charge in [-0.3, -0.25) is 9.36 Å². The van der Waals surface area contributed by atoms with Crippen LogP contribution in [0.5, 0.6) is 5.75 Å². The number of rotatable bonds is 13. The molecule has 3 rings (SSSR count). The molecule has 1 N–H and O–H groups in total. The maximum atomic E-state index is 13.8. The van der Waals surface area contributed by atoms with Crippen LogP contribution in [0.3, 0.4) is 0 Å². The van der Waals surface area contributed by atoms with Crippen LogP contribution >= 0.6 is 18.8 Å². The molecule has 0 saturated carbocycles. The lowest BCUT2D eigenvalue weighted by atomic mass is 10.1. The van der Waals surface area contributed by atoms with E-state index in [0.29, 0.717) is 13.0 Å². The molecule has 0 radical (unpaired) electrons. The lowest BCUT2D eigenvalue weighted by Gasteiger charge is -2.31. The minimum Gasteiger partial charge on any atom is -0.484 e. The van der Waals surface area contributed by atoms with Gasteiger partial charge in [-0.15, -0.1) is 11.3 Å². The molecule has 1 heterocycles. The lowest BCUT2D eigenvalue weighted by Crippen LogP contribution is -2.39. The van der Waals surface area contributed by atoms with E-state index in [0.717, 1.165) is 21.4 Å². The van der Waals surface area contributed by atoms with Crippen LogP contribution in [0.2, 0.25) is 0 Å². The number of hydrogen-bond donors (Lipinski definition) is 1. The van der Waals surface area contributed by atoms with Gasteiger partial charge in [-0.2, -0.15) is 0 Å². The fraction of sp³-hybridized carbons (Fsp3) is 0.423. The molecule has 0 aliphatic heterocycles. The summed E-state index contributed by atoms with van der Waals surface area (Å²) in [5.41, 5.74) is 0. The van der Waals surface area contributed by atoms with E-state index < -0.39 is 19.5 Å². The van der Waals surface area contributed by atoms with E-state index in [2.05, 4.69) is 29.4 Å². The molecule has 3 aromatic rings. The van der Waals surface area contributed by atoms with Crippen LogP contribution in [0.15, 0.2) is 60.0 Å². The number of nitrogens with zero attached hydrogens (tertiary/aromatic N) is 1. The van der Waals surface area contributed by atoms with Crippen molar-refractivity contribution in [2.24, 2.45) is 0 Å². The van der Waals surface area contributed by atoms with Crippen LogP contribution in [0.1, 0.15) is 38.2 Å². The molecular formula is C26H35N2O5PS. The maximum Gasteiger partial charge on any atom is 0.323 e. The Bertz CT molecular complexity index is 1130. The Balaban J connectivity index is 1.75. The molecule has 35 heavy (non-hydrogen) atoms. The van der Waals surface area contributed by atoms with Crippen LogP contribution in [0.4, 0.5) is 0 Å². The summed E-state index contributed by atoms with van der Waals surface area (Å²) >= 11 is 1.63. The highest BCUT2D eigenvalue weighted by atomic mass is 32.1. The molecule has 0 amide bonds. The smallest absolute Gasteiger partial charge is 0.323 e. The highest BCUT2D eigenvalue weighted by Gasteiger charge is 2.33. The first-order chi connectivity index (χ1) is 16.7. The van der Waals surface area contributed by atoms with Crippen LogP contribution < -0.4 is 9.82 Å². The van der Waals surface area contributed by atoms with Crippen molar-refractivity contribution in [1.82, 2.24) is 9.76 Å². The summed E-state index contributed by atoms with van der Waals surface area (Å²) in [4.78, 5) is 13.4. The second-order valence-corrected chi connectivity index (χ2v) is 12.3. The van der Waals surface area contributed by atoms with Gasteiger partial charge in [0.2, 0.25) is 7.44 Å². The molecule has 3 atom stereocenters. The number of nitrogens with one attached hydrogen (secondary N) is 1. The number of fused-ring (bicyclic) bond motifs is 1. The number of hydrogen-bond acceptors (Lipinski definition) is 6. The highest BCUT2D eigenvalue weighted by molar-refractivity contribution is 7.59. The van der Waals surface area contributed by atoms with Crippen LogP contribution in [-0.4, -0.2) is 49.8 Å². The molecular weight excluding hydrogens is 483 g/mol. The molecule has 190 valence electrons. The summed E-state index contributed by atoms with van der Waals surface area (Å²) in [6.45, 7) is 5.68. The van der Waals surface area contributed by atoms with Gasteiger partial charge in [0.1, 0.15) is 24.2 Å². The minimum atomic E-state index is -3.21. The highest BCUT2D eigenvalue weighted by Crippen LogP contribution is 2.45. The first-order valence-electron chi connectivity index (χ1n) is 11.7. The maximum absolute atomic E-state index is 13.8. The molecule has 0 fully saturated rings. The summed E-state index contributed by atoms with van der Waals surface area (Å²) in [5, 5.41) is 7.17. The lowest BCUT2D eigenvalue weighted by molar-refractivity contribution is -0.149. The topological polar surface area (TPSA) is 77.1 Å². The van der Waals surface area contributed by atoms with E-state index >= 15 is 0 Å². The normalized spacial score (nSPS) is 15.2. The molecule has 7 nitrogen and oxygen atoms in total. The fourth-order valence-electron chi connectivity index (χ4n) is 3.75. The molecule has 0 aliphatic rings. The Morgan fingerprint density at radius 3 is 2.51 bits per heavy atom. The molecule has 2 aromatic carbocycles. The van der Waals surface area contributed by atoms with E-state index in [-0.39, 0.29) is 18.6 Å². The standard InChI is InChI=1S/C26H35N2O5PS/c1-19(2)32-26(29)20(3)27-34(30,18-31-5)28(4)16-15-24(25-14-9-17-35-25)33-23-13-8-11-21-10-6-7-12-22(21)23/h6-14,17,19-20,24H,15-16,18H2,1-5H3,(H,27,30). The first-order valence-corrected chi connectivity index (χ1v) is 14.4. The predicted octanol–water partition coefficient (Wildman–Crippen LogP) is 6.07. The minimum absolute atomic E-state index is 0.0311. The number of benzene rings is 2. The summed E-state index contributed by atoms with van der Waals surface area (Å²) in [6.07, 6.45) is 0.100. The van der Waals surface area contributed by atoms with E-state index in [4.69, 9.17) is 14.2 Å². The monoisotopic (exact) mass is 518 g/mol. The van der Waals surface area contributed by atoms with Crippen molar-refractivity contribution < 1.29 is 23.6 Å². The Labute approximate surface area is 211 Å². The Kier molecular flexibility index (Phi) is 9.89. The third-order valence-corrected chi connectivity index (χ3v) is 9.22. The molecule has 0 spiro atoms. The Morgan fingerprint density at radius 1 is 1.09 bits per heavy atom. The summed E-state index contributed by atoms with van der Waals surface area (Å²) in [6, 6.07) is 17.5. The van der Waals surface area contributed by atoms with Gasteiger partial charge in [-0.25, -0.2) is 9.76 Å². The van der Waals surface area contributed by atoms with Gasteiger partial charge in [0, 0.05) is 30.3 Å². The Morgan fingerprint density at radius 2 is 1.83 bits per heavy atom. The van der Waals surface area contributed by atoms with Crippen LogP contribution in [-0.2, 0) is 18.8 Å². The van der Waals surface area contributed by atoms with Gasteiger partial charge < -0.3 is 14.2 Å². The SMILES string of the molecule is COCP(=O)(NC(C)C(=O)OC(C)C)N(C)CCC(Oc1cccc2ccccc12)c1cccs1. The van der Waals surface area contributed by atoms with E-state index in [1.807, 2.05) is 35.7 Å². The van der Waals surface area contributed by atoms with E-state index in [1.54, 1.807) is 43.8 Å². The third kappa shape index (κ3) is 7.38. The van der Waals surface area contributed by atoms with Crippen molar-refractivity contribution >= 4 is 35.5 Å². The van der Waals surface area contributed by atoms with Gasteiger partial charge in [-0.05, 0) is 50.7 Å². The average Bonchev–Trinajstić information content (AvgIpc) is 3.36. The van der Waals surface area contributed by atoms with E-state index in [9.17, 15) is 9.36 Å². The largest absolute Gasteiger partial charge is 0.484 e. The van der Waals surface area contributed by atoms with Crippen LogP contribution in [0, 0.1) is 0 Å². The van der Waals surface area contributed by atoms with E-state index in [1.165, 1.54) is 7.11 Å². The van der Waals surface area contributed by atoms with Crippen LogP contribution in [0.25, 0.3) is 10.8 Å². The summed E-state index contributed by atoms with van der Waals surface area (Å²) in [5.74, 6) is 0.368. The van der Waals surface area contributed by atoms with Crippen molar-refractivity contribution in [3.05, 3.63) is 64.9 Å². The van der Waals surface area contributed by atoms with Crippen molar-refractivity contribution in [2.45, 2.75) is 45.4 Å². The zero-order valence-electron chi connectivity index (χ0n) is 21.0. The number of carbonyl (C=O) groups excluding carboxylic acids is 1. The molecule has 0 saturated heterocycles. The molecule has 9 heteroatoms. The van der Waals surface area contributed by atoms with Crippen molar-refractivity contribution in [2.75, 3.05) is 27.1 Å². The number of ether oxygens (including phenoxy) is 3. The average molecular weight is 519 g/mol. The second-order valence-electron chi connectivity index (χ2n) is 8.72. The molecule has 1 aromatic heterocycles. The zero-order valence-corrected chi connectivity index (χ0v) is 22.7. The molecule has 0 bridgehead atoms. The predicted molar refractivity (Wildman–Crippen MR) is 142 cm³/mol. The van der Waals surface area contributed by atoms with Gasteiger partial charge in [0.15, 0.2) is 0 Å². The van der Waals surface area contributed by atoms with Crippen molar-refractivity contribution in [3.63, 3.8) is 0 Å². The summed E-state index contributed by atoms with van der Waals surface area (Å²) in [7, 11) is 0.0615. The summed E-state index contributed by atoms with van der Waals surface area (Å²) < 4.78 is 32.6. The number of thiophene rings is 1. The second kappa shape index (κ2) is 12.7. The molecule has 0 aliphatic carbocycles. The third-order valence-electron chi connectivity index (χ3n) is 5.55. The van der Waals surface area contributed by atoms with Gasteiger partial charge in [-0.1, -0.05) is 42.5 Å². The number of carbonyl (C=O) groups is 1. The van der Waals surface area contributed by atoms with Gasteiger partial charge in [0.25, 0.3) is 0 Å².